The Morgan fingerprint density at radius 1 is 1.23 bits per heavy atom. The largest absolute Gasteiger partial charge is 0.385 e. The number of carbonyl (C=O) groups is 1. The van der Waals surface area contributed by atoms with Crippen molar-refractivity contribution >= 4 is 22.5 Å². The number of benzene rings is 1. The molecule has 0 spiro atoms. The van der Waals surface area contributed by atoms with Gasteiger partial charge < -0.3 is 24.4 Å². The van der Waals surface area contributed by atoms with Crippen LogP contribution < -0.4 is 15.6 Å². The van der Waals surface area contributed by atoms with Crippen LogP contribution in [0.25, 0.3) is 10.9 Å². The Morgan fingerprint density at radius 3 is 2.61 bits per heavy atom. The Bertz CT molecular complexity index is 1010. The molecule has 1 amide bonds. The molecule has 1 saturated carbocycles. The van der Waals surface area contributed by atoms with Crippen LogP contribution in [0.15, 0.2) is 23.1 Å². The fraction of sp³-hybridized carbons (Fsp3) is 0.565. The number of hydrogen-bond acceptors (Lipinski definition) is 5. The van der Waals surface area contributed by atoms with Crippen molar-refractivity contribution in [2.45, 2.75) is 32.2 Å². The number of carbonyl (C=O) groups excluding carboxylic acids is 1. The summed E-state index contributed by atoms with van der Waals surface area (Å²) >= 11 is 0. The highest BCUT2D eigenvalue weighted by molar-refractivity contribution is 5.97. The molecule has 168 valence electrons. The number of fused-ring (bicyclic) bond motifs is 1. The van der Waals surface area contributed by atoms with Crippen molar-refractivity contribution in [1.82, 2.24) is 14.8 Å². The molecular formula is C23H31FN4O3. The van der Waals surface area contributed by atoms with Crippen molar-refractivity contribution in [2.24, 2.45) is 0 Å². The fourth-order valence-corrected chi connectivity index (χ4v) is 4.24. The van der Waals surface area contributed by atoms with Gasteiger partial charge in [0.15, 0.2) is 0 Å². The molecule has 0 bridgehead atoms. The predicted octanol–water partition coefficient (Wildman–Crippen LogP) is 2.38. The van der Waals surface area contributed by atoms with Crippen LogP contribution in [0.3, 0.4) is 0 Å². The molecule has 2 heterocycles. The van der Waals surface area contributed by atoms with Crippen LogP contribution in [0, 0.1) is 5.82 Å². The molecule has 7 nitrogen and oxygen atoms in total. The SMILES string of the molecule is CCN1CCN(c2cc3c(cc2F)c(=O)c(C(=O)NCCCOC)cn3C2CC2)CC1. The van der Waals surface area contributed by atoms with Crippen molar-refractivity contribution in [3.8, 4) is 0 Å². The van der Waals surface area contributed by atoms with E-state index in [0.29, 0.717) is 30.8 Å². The molecule has 0 radical (unpaired) electrons. The maximum atomic E-state index is 15.1. The van der Waals surface area contributed by atoms with E-state index in [2.05, 4.69) is 22.0 Å². The molecule has 0 atom stereocenters. The smallest absolute Gasteiger partial charge is 0.256 e. The minimum Gasteiger partial charge on any atom is -0.385 e. The van der Waals surface area contributed by atoms with Gasteiger partial charge in [-0.2, -0.15) is 0 Å². The zero-order valence-electron chi connectivity index (χ0n) is 18.3. The van der Waals surface area contributed by atoms with Crippen LogP contribution in [0.4, 0.5) is 10.1 Å². The summed E-state index contributed by atoms with van der Waals surface area (Å²) in [5, 5.41) is 3.04. The number of pyridine rings is 1. The van der Waals surface area contributed by atoms with Crippen LogP contribution in [0.1, 0.15) is 42.6 Å². The molecule has 1 aromatic heterocycles. The second-order valence-corrected chi connectivity index (χ2v) is 8.35. The van der Waals surface area contributed by atoms with E-state index in [1.165, 1.54) is 6.07 Å². The van der Waals surface area contributed by atoms with E-state index in [1.54, 1.807) is 19.4 Å². The Balaban J connectivity index is 1.69. The molecule has 1 aliphatic heterocycles. The average molecular weight is 431 g/mol. The second kappa shape index (κ2) is 9.36. The lowest BCUT2D eigenvalue weighted by Gasteiger charge is -2.35. The van der Waals surface area contributed by atoms with Crippen molar-refractivity contribution in [1.29, 1.82) is 0 Å². The number of ether oxygens (including phenoxy) is 1. The Kier molecular flexibility index (Phi) is 6.57. The predicted molar refractivity (Wildman–Crippen MR) is 120 cm³/mol. The molecule has 1 aromatic carbocycles. The summed E-state index contributed by atoms with van der Waals surface area (Å²) in [5.74, 6) is -0.827. The first-order valence-corrected chi connectivity index (χ1v) is 11.2. The molecule has 2 aliphatic rings. The Labute approximate surface area is 181 Å². The standard InChI is InChI=1S/C23H31FN4O3/c1-3-26-8-10-27(11-9-26)21-14-20-17(13-19(21)24)22(29)18(15-28(20)16-5-6-16)23(30)25-7-4-12-31-2/h13-16H,3-12H2,1-2H3,(H,25,30). The maximum Gasteiger partial charge on any atom is 0.256 e. The lowest BCUT2D eigenvalue weighted by Crippen LogP contribution is -2.46. The highest BCUT2D eigenvalue weighted by atomic mass is 19.1. The van der Waals surface area contributed by atoms with E-state index in [9.17, 15) is 9.59 Å². The highest BCUT2D eigenvalue weighted by Gasteiger charge is 2.28. The number of aromatic nitrogens is 1. The summed E-state index contributed by atoms with van der Waals surface area (Å²) in [6.45, 7) is 7.38. The van der Waals surface area contributed by atoms with Gasteiger partial charge in [0.25, 0.3) is 5.91 Å². The van der Waals surface area contributed by atoms with Crippen LogP contribution in [-0.4, -0.2) is 68.4 Å². The summed E-state index contributed by atoms with van der Waals surface area (Å²) in [7, 11) is 1.60. The number of nitrogens with zero attached hydrogens (tertiary/aromatic N) is 3. The number of likely N-dealkylation sites (N-methyl/N-ethyl adjacent to an activating group) is 1. The molecule has 1 aliphatic carbocycles. The van der Waals surface area contributed by atoms with Gasteiger partial charge in [0.05, 0.1) is 11.2 Å². The molecule has 31 heavy (non-hydrogen) atoms. The number of piperazine rings is 1. The molecule has 1 saturated heterocycles. The highest BCUT2D eigenvalue weighted by Crippen LogP contribution is 2.38. The van der Waals surface area contributed by atoms with E-state index in [0.717, 1.165) is 45.6 Å². The van der Waals surface area contributed by atoms with E-state index in [1.807, 2.05) is 4.57 Å². The van der Waals surface area contributed by atoms with Gasteiger partial charge in [-0.15, -0.1) is 0 Å². The van der Waals surface area contributed by atoms with E-state index < -0.39 is 17.2 Å². The van der Waals surface area contributed by atoms with E-state index in [4.69, 9.17) is 4.74 Å². The minimum atomic E-state index is -0.419. The maximum absolute atomic E-state index is 15.1. The van der Waals surface area contributed by atoms with Gasteiger partial charge in [-0.3, -0.25) is 9.59 Å². The molecule has 0 unspecified atom stereocenters. The monoisotopic (exact) mass is 430 g/mol. The van der Waals surface area contributed by atoms with Gasteiger partial charge in [-0.05, 0) is 37.9 Å². The van der Waals surface area contributed by atoms with Crippen molar-refractivity contribution in [2.75, 3.05) is 57.9 Å². The number of hydrogen-bond donors (Lipinski definition) is 1. The Morgan fingerprint density at radius 2 is 1.97 bits per heavy atom. The van der Waals surface area contributed by atoms with Gasteiger partial charge in [-0.1, -0.05) is 6.92 Å². The first-order valence-electron chi connectivity index (χ1n) is 11.2. The summed E-state index contributed by atoms with van der Waals surface area (Å²) < 4.78 is 22.1. The van der Waals surface area contributed by atoms with Crippen molar-refractivity contribution in [3.05, 3.63) is 39.9 Å². The number of halogens is 1. The topological polar surface area (TPSA) is 66.8 Å². The average Bonchev–Trinajstić information content (AvgIpc) is 3.62. The zero-order valence-corrected chi connectivity index (χ0v) is 18.3. The third-order valence-electron chi connectivity index (χ3n) is 6.26. The van der Waals surface area contributed by atoms with Crippen LogP contribution in [0.2, 0.25) is 0 Å². The molecule has 2 fully saturated rings. The van der Waals surface area contributed by atoms with Crippen LogP contribution in [-0.2, 0) is 4.74 Å². The third-order valence-corrected chi connectivity index (χ3v) is 6.26. The number of amides is 1. The second-order valence-electron chi connectivity index (χ2n) is 8.35. The van der Waals surface area contributed by atoms with Gasteiger partial charge >= 0.3 is 0 Å². The number of rotatable bonds is 8. The molecule has 2 aromatic rings. The lowest BCUT2D eigenvalue weighted by atomic mass is 10.1. The van der Waals surface area contributed by atoms with Gasteiger partial charge in [-0.25, -0.2) is 4.39 Å². The fourth-order valence-electron chi connectivity index (χ4n) is 4.24. The molecular weight excluding hydrogens is 399 g/mol. The van der Waals surface area contributed by atoms with Gasteiger partial charge in [0.1, 0.15) is 11.4 Å². The molecule has 8 heteroatoms. The lowest BCUT2D eigenvalue weighted by molar-refractivity contribution is 0.0947. The van der Waals surface area contributed by atoms with Crippen LogP contribution >= 0.6 is 0 Å². The number of methoxy groups -OCH3 is 1. The zero-order chi connectivity index (χ0) is 22.0. The Hall–Kier alpha value is -2.45. The van der Waals surface area contributed by atoms with Crippen molar-refractivity contribution in [3.63, 3.8) is 0 Å². The first kappa shape index (κ1) is 21.8. The summed E-state index contributed by atoms with van der Waals surface area (Å²) in [6.07, 6.45) is 4.31. The minimum absolute atomic E-state index is 0.0699. The van der Waals surface area contributed by atoms with Crippen molar-refractivity contribution < 1.29 is 13.9 Å². The third kappa shape index (κ3) is 4.60. The summed E-state index contributed by atoms with van der Waals surface area (Å²) in [5.41, 5.74) is 0.893. The quantitative estimate of drug-likeness (QED) is 0.652. The number of nitrogens with one attached hydrogen (secondary N) is 1. The van der Waals surface area contributed by atoms with E-state index in [-0.39, 0.29) is 17.0 Å². The first-order chi connectivity index (χ1) is 15.0. The summed E-state index contributed by atoms with van der Waals surface area (Å²) in [4.78, 5) is 30.1. The van der Waals surface area contributed by atoms with Gasteiger partial charge in [0, 0.05) is 64.1 Å². The molecule has 4 rings (SSSR count). The number of anilines is 1. The normalized spacial score (nSPS) is 17.3. The molecule has 1 N–H and O–H groups in total. The van der Waals surface area contributed by atoms with E-state index >= 15 is 4.39 Å². The summed E-state index contributed by atoms with van der Waals surface area (Å²) in [6, 6.07) is 3.37. The van der Waals surface area contributed by atoms with Crippen LogP contribution in [0.5, 0.6) is 0 Å². The van der Waals surface area contributed by atoms with Gasteiger partial charge in [0.2, 0.25) is 5.43 Å².